The standard InChI is InChI=1S/C29H39N3O8S/c1-29(2,3)40-28(36)30-24(17-21-12-14-23(33)15-13-21)26(34)32-16-8-11-22(32)19-41(37,38)31-25(27(35)39-4)18-20-9-6-5-7-10-20/h5-7,9-10,12-15,22,24-25,31,33H,8,11,16-19H2,1-4H3,(H,30,36)/t22-,24-,25-/m0/s1. The SMILES string of the molecule is COC(=O)[C@H](Cc1ccccc1)NS(=O)(=O)C[C@@H]1CCCN1C(=O)[C@H](Cc1ccc(O)cc1)NC(=O)OC(C)(C)C. The number of benzene rings is 2. The van der Waals surface area contributed by atoms with Crippen molar-refractivity contribution in [2.75, 3.05) is 19.4 Å². The number of ether oxygens (including phenoxy) is 2. The number of sulfonamides is 1. The predicted molar refractivity (Wildman–Crippen MR) is 153 cm³/mol. The number of phenolic OH excluding ortho intramolecular Hbond substituents is 1. The molecule has 0 aromatic heterocycles. The highest BCUT2D eigenvalue weighted by Crippen LogP contribution is 2.22. The normalized spacial score (nSPS) is 17.0. The minimum atomic E-state index is -4.03. The fraction of sp³-hybridized carbons (Fsp3) is 0.483. The van der Waals surface area contributed by atoms with Crippen LogP contribution in [0.3, 0.4) is 0 Å². The Labute approximate surface area is 241 Å². The molecule has 0 spiro atoms. The minimum Gasteiger partial charge on any atom is -0.508 e. The number of hydrogen-bond acceptors (Lipinski definition) is 8. The maximum Gasteiger partial charge on any atom is 0.408 e. The number of rotatable bonds is 11. The van der Waals surface area contributed by atoms with Gasteiger partial charge in [-0.05, 0) is 63.3 Å². The third kappa shape index (κ3) is 10.0. The number of phenols is 1. The van der Waals surface area contributed by atoms with Crippen LogP contribution >= 0.6 is 0 Å². The van der Waals surface area contributed by atoms with E-state index in [1.165, 1.54) is 24.1 Å². The molecule has 1 aliphatic heterocycles. The highest BCUT2D eigenvalue weighted by molar-refractivity contribution is 7.89. The van der Waals surface area contributed by atoms with E-state index in [2.05, 4.69) is 10.0 Å². The van der Waals surface area contributed by atoms with E-state index >= 15 is 0 Å². The molecule has 11 nitrogen and oxygen atoms in total. The number of carbonyl (C=O) groups excluding carboxylic acids is 3. The molecule has 2 aromatic rings. The van der Waals surface area contributed by atoms with E-state index < -0.39 is 57.5 Å². The lowest BCUT2D eigenvalue weighted by Gasteiger charge is -2.30. The van der Waals surface area contributed by atoms with Crippen LogP contribution in [0.25, 0.3) is 0 Å². The first-order valence-corrected chi connectivity index (χ1v) is 15.1. The van der Waals surface area contributed by atoms with E-state index in [9.17, 15) is 27.9 Å². The van der Waals surface area contributed by atoms with E-state index in [0.29, 0.717) is 24.9 Å². The maximum atomic E-state index is 13.7. The van der Waals surface area contributed by atoms with E-state index in [4.69, 9.17) is 9.47 Å². The zero-order valence-corrected chi connectivity index (χ0v) is 24.6. The second kappa shape index (κ2) is 13.8. The lowest BCUT2D eigenvalue weighted by Crippen LogP contribution is -2.54. The predicted octanol–water partition coefficient (Wildman–Crippen LogP) is 2.52. The molecule has 2 amide bonds. The molecule has 0 unspecified atom stereocenters. The summed E-state index contributed by atoms with van der Waals surface area (Å²) in [6.07, 6.45) is 0.450. The Morgan fingerprint density at radius 2 is 1.61 bits per heavy atom. The lowest BCUT2D eigenvalue weighted by molar-refractivity contribution is -0.142. The summed E-state index contributed by atoms with van der Waals surface area (Å²) in [5.41, 5.74) is 0.653. The molecule has 1 saturated heterocycles. The number of hydrogen-bond donors (Lipinski definition) is 3. The number of alkyl carbamates (subject to hydrolysis) is 1. The summed E-state index contributed by atoms with van der Waals surface area (Å²) >= 11 is 0. The first-order chi connectivity index (χ1) is 19.3. The van der Waals surface area contributed by atoms with Crippen molar-refractivity contribution < 1.29 is 37.4 Å². The fourth-order valence-electron chi connectivity index (χ4n) is 4.70. The summed E-state index contributed by atoms with van der Waals surface area (Å²) in [5, 5.41) is 12.3. The first-order valence-electron chi connectivity index (χ1n) is 13.5. The number of likely N-dealkylation sites (tertiary alicyclic amines) is 1. The molecule has 3 N–H and O–H groups in total. The summed E-state index contributed by atoms with van der Waals surface area (Å²) in [6.45, 7) is 5.43. The van der Waals surface area contributed by atoms with Gasteiger partial charge in [0.2, 0.25) is 15.9 Å². The van der Waals surface area contributed by atoms with Crippen LogP contribution < -0.4 is 10.0 Å². The van der Waals surface area contributed by atoms with E-state index in [1.54, 1.807) is 57.2 Å². The van der Waals surface area contributed by atoms with Gasteiger partial charge in [-0.3, -0.25) is 9.59 Å². The molecule has 0 saturated carbocycles. The summed E-state index contributed by atoms with van der Waals surface area (Å²) in [6, 6.07) is 12.4. The Kier molecular flexibility index (Phi) is 10.7. The molecule has 1 heterocycles. The molecule has 1 aliphatic rings. The molecular formula is C29H39N3O8S. The summed E-state index contributed by atoms with van der Waals surface area (Å²) in [7, 11) is -2.83. The van der Waals surface area contributed by atoms with Crippen molar-refractivity contribution in [1.29, 1.82) is 0 Å². The summed E-state index contributed by atoms with van der Waals surface area (Å²) < 4.78 is 39.1. The Morgan fingerprint density at radius 1 is 1.00 bits per heavy atom. The number of nitrogens with zero attached hydrogens (tertiary/aromatic N) is 1. The zero-order chi connectivity index (χ0) is 30.2. The number of carbonyl (C=O) groups is 3. The third-order valence-corrected chi connectivity index (χ3v) is 7.99. The van der Waals surface area contributed by atoms with Gasteiger partial charge in [-0.2, -0.15) is 0 Å². The van der Waals surface area contributed by atoms with Gasteiger partial charge in [0, 0.05) is 19.0 Å². The lowest BCUT2D eigenvalue weighted by atomic mass is 10.0. The Morgan fingerprint density at radius 3 is 2.22 bits per heavy atom. The topological polar surface area (TPSA) is 151 Å². The van der Waals surface area contributed by atoms with Crippen molar-refractivity contribution in [3.8, 4) is 5.75 Å². The van der Waals surface area contributed by atoms with Crippen LogP contribution in [0.5, 0.6) is 5.75 Å². The van der Waals surface area contributed by atoms with Crippen LogP contribution in [0.15, 0.2) is 54.6 Å². The van der Waals surface area contributed by atoms with Gasteiger partial charge in [0.1, 0.15) is 23.4 Å². The van der Waals surface area contributed by atoms with Gasteiger partial charge < -0.3 is 24.8 Å². The van der Waals surface area contributed by atoms with Crippen LogP contribution in [0.1, 0.15) is 44.7 Å². The smallest absolute Gasteiger partial charge is 0.408 e. The number of nitrogens with one attached hydrogen (secondary N) is 2. The summed E-state index contributed by atoms with van der Waals surface area (Å²) in [5.74, 6) is -1.52. The minimum absolute atomic E-state index is 0.0616. The Bertz CT molecular complexity index is 1290. The number of amides is 2. The van der Waals surface area contributed by atoms with Gasteiger partial charge in [-0.15, -0.1) is 0 Å². The molecule has 0 bridgehead atoms. The second-order valence-corrected chi connectivity index (χ2v) is 12.9. The molecule has 2 aromatic carbocycles. The average Bonchev–Trinajstić information content (AvgIpc) is 3.34. The highest BCUT2D eigenvalue weighted by Gasteiger charge is 2.38. The zero-order valence-electron chi connectivity index (χ0n) is 23.8. The second-order valence-electron chi connectivity index (χ2n) is 11.1. The van der Waals surface area contributed by atoms with Crippen LogP contribution in [0.2, 0.25) is 0 Å². The molecule has 3 rings (SSSR count). The summed E-state index contributed by atoms with van der Waals surface area (Å²) in [4.78, 5) is 40.2. The van der Waals surface area contributed by atoms with Crippen molar-refractivity contribution >= 4 is 28.0 Å². The molecular weight excluding hydrogens is 550 g/mol. The molecule has 224 valence electrons. The van der Waals surface area contributed by atoms with Gasteiger partial charge in [0.05, 0.1) is 12.9 Å². The van der Waals surface area contributed by atoms with Crippen molar-refractivity contribution in [2.24, 2.45) is 0 Å². The Balaban J connectivity index is 1.76. The van der Waals surface area contributed by atoms with Crippen LogP contribution in [-0.2, 0) is 41.9 Å². The van der Waals surface area contributed by atoms with Gasteiger partial charge >= 0.3 is 12.1 Å². The monoisotopic (exact) mass is 589 g/mol. The van der Waals surface area contributed by atoms with Crippen LogP contribution in [0.4, 0.5) is 4.79 Å². The van der Waals surface area contributed by atoms with E-state index in [1.807, 2.05) is 6.07 Å². The highest BCUT2D eigenvalue weighted by atomic mass is 32.2. The van der Waals surface area contributed by atoms with Gasteiger partial charge in [0.25, 0.3) is 0 Å². The molecule has 0 aliphatic carbocycles. The van der Waals surface area contributed by atoms with Gasteiger partial charge in [-0.25, -0.2) is 17.9 Å². The fourth-order valence-corrected chi connectivity index (χ4v) is 6.26. The quantitative estimate of drug-likeness (QED) is 0.338. The number of aromatic hydroxyl groups is 1. The van der Waals surface area contributed by atoms with Gasteiger partial charge in [0.15, 0.2) is 0 Å². The van der Waals surface area contributed by atoms with E-state index in [0.717, 1.165) is 5.56 Å². The van der Waals surface area contributed by atoms with Crippen molar-refractivity contribution in [1.82, 2.24) is 14.9 Å². The van der Waals surface area contributed by atoms with Crippen molar-refractivity contribution in [3.63, 3.8) is 0 Å². The van der Waals surface area contributed by atoms with Crippen molar-refractivity contribution in [3.05, 3.63) is 65.7 Å². The molecule has 3 atom stereocenters. The average molecular weight is 590 g/mol. The van der Waals surface area contributed by atoms with Gasteiger partial charge in [-0.1, -0.05) is 42.5 Å². The first kappa shape index (κ1) is 31.9. The largest absolute Gasteiger partial charge is 0.508 e. The van der Waals surface area contributed by atoms with Crippen LogP contribution in [-0.4, -0.2) is 79.5 Å². The number of methoxy groups -OCH3 is 1. The Hall–Kier alpha value is -3.64. The van der Waals surface area contributed by atoms with Crippen molar-refractivity contribution in [2.45, 2.75) is 70.2 Å². The molecule has 1 fully saturated rings. The molecule has 0 radical (unpaired) electrons. The van der Waals surface area contributed by atoms with E-state index in [-0.39, 0.29) is 18.6 Å². The maximum absolute atomic E-state index is 13.7. The third-order valence-electron chi connectivity index (χ3n) is 6.53. The molecule has 41 heavy (non-hydrogen) atoms. The van der Waals surface area contributed by atoms with Crippen LogP contribution in [0, 0.1) is 0 Å². The molecule has 12 heteroatoms. The number of esters is 1.